The van der Waals surface area contributed by atoms with Crippen molar-refractivity contribution >= 4 is 76.6 Å². The van der Waals surface area contributed by atoms with Crippen LogP contribution < -0.4 is 10.6 Å². The molecule has 0 saturated carbocycles. The number of hydrogen-bond acceptors (Lipinski definition) is 4. The van der Waals surface area contributed by atoms with Gasteiger partial charge in [0, 0.05) is 42.3 Å². The first-order valence-electron chi connectivity index (χ1n) is 16.6. The van der Waals surface area contributed by atoms with Gasteiger partial charge in [-0.1, -0.05) is 40.9 Å². The summed E-state index contributed by atoms with van der Waals surface area (Å²) < 4.78 is 3.18. The molecule has 4 nitrogen and oxygen atoms in total. The molecule has 2 aromatic heterocycles. The van der Waals surface area contributed by atoms with Gasteiger partial charge in [0.05, 0.1) is 16.4 Å². The van der Waals surface area contributed by atoms with Crippen molar-refractivity contribution in [2.24, 2.45) is 5.92 Å². The van der Waals surface area contributed by atoms with E-state index in [4.69, 9.17) is 33.2 Å². The van der Waals surface area contributed by atoms with Gasteiger partial charge in [-0.2, -0.15) is 0 Å². The Kier molecular flexibility index (Phi) is 10.9. The van der Waals surface area contributed by atoms with E-state index in [9.17, 15) is 0 Å². The Balaban J connectivity index is 0.000000150. The Hall–Kier alpha value is -1.58. The molecule has 1 unspecified atom stereocenters. The molecule has 4 heterocycles. The molecule has 0 bridgehead atoms. The molecule has 2 aromatic carbocycles. The molecule has 47 heavy (non-hydrogen) atoms. The Morgan fingerprint density at radius 3 is 2.15 bits per heavy atom. The minimum atomic E-state index is 0.362. The van der Waals surface area contributed by atoms with Crippen molar-refractivity contribution < 1.29 is 0 Å². The number of pyridine rings is 2. The maximum Gasteiger partial charge on any atom is 0.0740 e. The van der Waals surface area contributed by atoms with Crippen molar-refractivity contribution in [1.29, 1.82) is 0 Å². The summed E-state index contributed by atoms with van der Waals surface area (Å²) in [5.41, 5.74) is 13.4. The molecule has 8 rings (SSSR count). The van der Waals surface area contributed by atoms with Crippen LogP contribution in [0.25, 0.3) is 5.57 Å². The lowest BCUT2D eigenvalue weighted by Gasteiger charge is -2.32. The van der Waals surface area contributed by atoms with Gasteiger partial charge in [0.1, 0.15) is 0 Å². The van der Waals surface area contributed by atoms with Gasteiger partial charge in [-0.3, -0.25) is 9.97 Å². The topological polar surface area (TPSA) is 49.8 Å². The summed E-state index contributed by atoms with van der Waals surface area (Å²) in [6, 6.07) is 15.0. The highest BCUT2D eigenvalue weighted by atomic mass is 79.9. The Bertz CT molecular complexity index is 1770. The summed E-state index contributed by atoms with van der Waals surface area (Å²) in [4.78, 5) is 9.67. The first kappa shape index (κ1) is 33.9. The van der Waals surface area contributed by atoms with E-state index in [0.29, 0.717) is 11.8 Å². The summed E-state index contributed by atoms with van der Waals surface area (Å²) >= 11 is 23.5. The highest BCUT2D eigenvalue weighted by Crippen LogP contribution is 2.45. The zero-order valence-corrected chi connectivity index (χ0v) is 32.4. The number of benzene rings is 2. The standard InChI is InChI=1S/C19H19Br2ClN2.C19H18BrClN2/c20-13-9-12-1-2-15-14(3-4-16(22)18(15)21)17(19(12)24-10-13)11-5-7-23-8-6-11;20-15-9-14-2-1-13-10-16(21)3-4-17(13)18(19(14)23-11-15)12-5-7-22-8-6-12/h3-4,9-11,17,23H,1-2,5-8H2;3-4,9-11,22H,1-2,5-8H2. The van der Waals surface area contributed by atoms with E-state index in [1.807, 2.05) is 24.5 Å². The lowest BCUT2D eigenvalue weighted by Crippen LogP contribution is -2.32. The molecular formula is C38H37Br3Cl2N4. The first-order valence-corrected chi connectivity index (χ1v) is 19.7. The van der Waals surface area contributed by atoms with Gasteiger partial charge in [-0.25, -0.2) is 0 Å². The number of hydrogen-bond donors (Lipinski definition) is 2. The molecule has 244 valence electrons. The third kappa shape index (κ3) is 7.33. The quantitative estimate of drug-likeness (QED) is 0.200. The highest BCUT2D eigenvalue weighted by molar-refractivity contribution is 9.11. The maximum absolute atomic E-state index is 6.39. The van der Waals surface area contributed by atoms with E-state index < -0.39 is 0 Å². The Morgan fingerprint density at radius 2 is 1.36 bits per heavy atom. The predicted molar refractivity (Wildman–Crippen MR) is 205 cm³/mol. The molecule has 2 saturated heterocycles. The molecule has 9 heteroatoms. The first-order chi connectivity index (χ1) is 22.9. The largest absolute Gasteiger partial charge is 0.317 e. The van der Waals surface area contributed by atoms with E-state index in [1.54, 1.807) is 0 Å². The molecule has 2 aliphatic heterocycles. The minimum Gasteiger partial charge on any atom is -0.317 e. The molecule has 2 N–H and O–H groups in total. The molecule has 0 radical (unpaired) electrons. The Morgan fingerprint density at radius 1 is 0.681 bits per heavy atom. The van der Waals surface area contributed by atoms with Crippen LogP contribution in [0.15, 0.2) is 73.8 Å². The van der Waals surface area contributed by atoms with Crippen LogP contribution in [0.1, 0.15) is 76.4 Å². The van der Waals surface area contributed by atoms with Crippen molar-refractivity contribution in [3.05, 3.63) is 129 Å². The fourth-order valence-corrected chi connectivity index (χ4v) is 9.52. The number of fused-ring (bicyclic) bond motifs is 4. The lowest BCUT2D eigenvalue weighted by molar-refractivity contribution is 0.338. The summed E-state index contributed by atoms with van der Waals surface area (Å²) in [5.74, 6) is 0.991. The third-order valence-electron chi connectivity index (χ3n) is 10.1. The van der Waals surface area contributed by atoms with E-state index in [0.717, 1.165) is 93.9 Å². The summed E-state index contributed by atoms with van der Waals surface area (Å²) in [7, 11) is 0. The van der Waals surface area contributed by atoms with E-state index in [1.165, 1.54) is 63.1 Å². The van der Waals surface area contributed by atoms with Crippen LogP contribution in [-0.2, 0) is 25.7 Å². The van der Waals surface area contributed by atoms with Crippen molar-refractivity contribution in [1.82, 2.24) is 20.6 Å². The molecule has 1 atom stereocenters. The van der Waals surface area contributed by atoms with Gasteiger partial charge in [0.2, 0.25) is 0 Å². The van der Waals surface area contributed by atoms with Gasteiger partial charge in [-0.15, -0.1) is 0 Å². The minimum absolute atomic E-state index is 0.362. The van der Waals surface area contributed by atoms with Crippen molar-refractivity contribution in [2.45, 2.75) is 57.3 Å². The molecule has 2 aliphatic carbocycles. The van der Waals surface area contributed by atoms with Gasteiger partial charge in [0.25, 0.3) is 0 Å². The van der Waals surface area contributed by atoms with Crippen LogP contribution >= 0.6 is 71.0 Å². The van der Waals surface area contributed by atoms with Crippen LogP contribution in [0.5, 0.6) is 0 Å². The third-order valence-corrected chi connectivity index (χ3v) is 12.6. The van der Waals surface area contributed by atoms with Crippen molar-refractivity contribution in [3.8, 4) is 0 Å². The van der Waals surface area contributed by atoms with Gasteiger partial charge < -0.3 is 10.6 Å². The van der Waals surface area contributed by atoms with Gasteiger partial charge in [0.15, 0.2) is 0 Å². The monoisotopic (exact) mass is 856 g/mol. The molecule has 2 fully saturated rings. The fourth-order valence-electron chi connectivity index (χ4n) is 7.83. The molecular weight excluding hydrogens is 823 g/mol. The number of rotatable bonds is 1. The average molecular weight is 860 g/mol. The van der Waals surface area contributed by atoms with Gasteiger partial charge in [-0.05, 0) is 195 Å². The number of aromatic nitrogens is 2. The van der Waals surface area contributed by atoms with Crippen molar-refractivity contribution in [3.63, 3.8) is 0 Å². The highest BCUT2D eigenvalue weighted by Gasteiger charge is 2.33. The molecule has 4 aliphatic rings. The van der Waals surface area contributed by atoms with E-state index in [-0.39, 0.29) is 0 Å². The van der Waals surface area contributed by atoms with Crippen LogP contribution in [-0.4, -0.2) is 36.1 Å². The van der Waals surface area contributed by atoms with E-state index >= 15 is 0 Å². The van der Waals surface area contributed by atoms with Crippen LogP contribution in [0.2, 0.25) is 10.0 Å². The number of halogens is 5. The second-order valence-corrected chi connectivity index (χ2v) is 16.4. The lowest BCUT2D eigenvalue weighted by atomic mass is 9.77. The van der Waals surface area contributed by atoms with Crippen molar-refractivity contribution in [2.75, 3.05) is 26.2 Å². The normalized spacial score (nSPS) is 19.3. The Labute approximate surface area is 312 Å². The number of nitrogens with one attached hydrogen (secondary N) is 2. The average Bonchev–Trinajstić information content (AvgIpc) is 3.35. The molecule has 0 spiro atoms. The number of piperidine rings is 2. The van der Waals surface area contributed by atoms with Crippen LogP contribution in [0.3, 0.4) is 0 Å². The van der Waals surface area contributed by atoms with Crippen LogP contribution in [0.4, 0.5) is 0 Å². The smallest absolute Gasteiger partial charge is 0.0740 e. The maximum atomic E-state index is 6.39. The fraction of sp³-hybridized carbons (Fsp3) is 0.368. The zero-order valence-electron chi connectivity index (χ0n) is 26.1. The summed E-state index contributed by atoms with van der Waals surface area (Å²) in [6.07, 6.45) is 12.5. The van der Waals surface area contributed by atoms with E-state index in [2.05, 4.69) is 88.8 Å². The van der Waals surface area contributed by atoms with Gasteiger partial charge >= 0.3 is 0 Å². The second kappa shape index (κ2) is 15.1. The molecule has 4 aromatic rings. The number of aryl methyl sites for hydroxylation is 3. The summed E-state index contributed by atoms with van der Waals surface area (Å²) in [5, 5.41) is 8.56. The second-order valence-electron chi connectivity index (χ2n) is 12.9. The zero-order chi connectivity index (χ0) is 32.5. The number of nitrogens with zero attached hydrogens (tertiary/aromatic N) is 2. The molecule has 0 amide bonds. The van der Waals surface area contributed by atoms with Crippen LogP contribution in [0, 0.1) is 5.92 Å². The SMILES string of the molecule is Clc1ccc2c(c1)CCc1cc(Br)cnc1C2=C1CCNCC1.Clc1ccc2c(c1Br)CCc1cc(Br)cnc1C2C1CCNCC1. The predicted octanol–water partition coefficient (Wildman–Crippen LogP) is 10.3. The summed E-state index contributed by atoms with van der Waals surface area (Å²) in [6.45, 7) is 4.29.